The van der Waals surface area contributed by atoms with Crippen LogP contribution >= 0.6 is 0 Å². The Labute approximate surface area is 68.3 Å². The van der Waals surface area contributed by atoms with E-state index < -0.39 is 23.8 Å². The van der Waals surface area contributed by atoms with Gasteiger partial charge in [0, 0.05) is 0 Å². The lowest BCUT2D eigenvalue weighted by Gasteiger charge is -2.32. The largest absolute Gasteiger partial charge is 0.513 e. The fraction of sp³-hybridized carbons (Fsp3) is 0.833. The second-order valence-electron chi connectivity index (χ2n) is 3.08. The topological polar surface area (TPSA) is 96.2 Å². The van der Waals surface area contributed by atoms with Crippen molar-refractivity contribution >= 4 is 6.16 Å². The maximum Gasteiger partial charge on any atom is 0.513 e. The summed E-state index contributed by atoms with van der Waals surface area (Å²) in [6.07, 6.45) is -3.09. The Kier molecular flexibility index (Phi) is 1.78. The van der Waals surface area contributed by atoms with Crippen LogP contribution in [0.2, 0.25) is 0 Å². The second-order valence-corrected chi connectivity index (χ2v) is 3.08. The first kappa shape index (κ1) is 9.24. The van der Waals surface area contributed by atoms with Crippen molar-refractivity contribution in [2.45, 2.75) is 31.5 Å². The van der Waals surface area contributed by atoms with Gasteiger partial charge in [-0.15, -0.1) is 0 Å². The van der Waals surface area contributed by atoms with E-state index in [9.17, 15) is 15.0 Å². The van der Waals surface area contributed by atoms with Crippen LogP contribution < -0.4 is 0 Å². The highest BCUT2D eigenvalue weighted by Gasteiger charge is 2.59. The molecule has 0 saturated carbocycles. The molecule has 70 valence electrons. The molecule has 0 aliphatic carbocycles. The predicted octanol–water partition coefficient (Wildman–Crippen LogP) is -1.07. The Bertz CT molecular complexity index is 207. The minimum Gasteiger partial charge on any atom is -0.397 e. The molecule has 0 bridgehead atoms. The minimum atomic E-state index is -2.40. The Morgan fingerprint density at radius 2 is 2.08 bits per heavy atom. The van der Waals surface area contributed by atoms with Crippen molar-refractivity contribution in [2.75, 3.05) is 0 Å². The molecule has 6 heteroatoms. The van der Waals surface area contributed by atoms with Gasteiger partial charge in [0.25, 0.3) is 6.29 Å². The van der Waals surface area contributed by atoms with Gasteiger partial charge in [-0.2, -0.15) is 0 Å². The van der Waals surface area contributed by atoms with Crippen molar-refractivity contribution in [3.63, 3.8) is 0 Å². The highest BCUT2D eigenvalue weighted by molar-refractivity contribution is 5.63. The zero-order valence-electron chi connectivity index (χ0n) is 6.64. The van der Waals surface area contributed by atoms with E-state index in [0.717, 1.165) is 0 Å². The summed E-state index contributed by atoms with van der Waals surface area (Å²) in [5.41, 5.74) is -1.79. The van der Waals surface area contributed by atoms with E-state index in [1.54, 1.807) is 0 Å². The summed E-state index contributed by atoms with van der Waals surface area (Å²) >= 11 is 0. The van der Waals surface area contributed by atoms with Crippen LogP contribution in [0, 0.1) is 0 Å². The van der Waals surface area contributed by atoms with Crippen LogP contribution in [0.4, 0.5) is 4.79 Å². The van der Waals surface area contributed by atoms with Gasteiger partial charge >= 0.3 is 11.9 Å². The molecule has 2 atom stereocenters. The number of aliphatic hydroxyl groups excluding tert-OH is 1. The average molecular weight is 178 g/mol. The molecule has 1 fully saturated rings. The molecule has 0 radical (unpaired) electrons. The smallest absolute Gasteiger partial charge is 0.397 e. The molecule has 3 N–H and O–H groups in total. The summed E-state index contributed by atoms with van der Waals surface area (Å²) in [5, 5.41) is 27.7. The molecule has 1 rings (SSSR count). The number of hydrogen-bond donors (Lipinski definition) is 3. The second kappa shape index (κ2) is 2.32. The maximum absolute atomic E-state index is 10.4. The summed E-state index contributed by atoms with van der Waals surface area (Å²) in [6, 6.07) is 0. The molecule has 12 heavy (non-hydrogen) atoms. The SMILES string of the molecule is CC(C)(O)C1(O)OC(=O)OC1O. The third-order valence-corrected chi connectivity index (χ3v) is 1.66. The summed E-state index contributed by atoms with van der Waals surface area (Å²) in [7, 11) is 0. The highest BCUT2D eigenvalue weighted by Crippen LogP contribution is 2.32. The molecule has 1 aliphatic rings. The van der Waals surface area contributed by atoms with Gasteiger partial charge in [-0.1, -0.05) is 0 Å². The molecule has 0 aromatic heterocycles. The first-order valence-electron chi connectivity index (χ1n) is 3.30. The zero-order valence-corrected chi connectivity index (χ0v) is 6.64. The van der Waals surface area contributed by atoms with Crippen LogP contribution in [0.25, 0.3) is 0 Å². The zero-order chi connectivity index (χ0) is 9.57. The molecular weight excluding hydrogens is 168 g/mol. The number of hydrogen-bond acceptors (Lipinski definition) is 6. The van der Waals surface area contributed by atoms with E-state index in [4.69, 9.17) is 5.11 Å². The summed E-state index contributed by atoms with van der Waals surface area (Å²) < 4.78 is 8.31. The maximum atomic E-state index is 10.4. The van der Waals surface area contributed by atoms with Gasteiger partial charge in [0.2, 0.25) is 0 Å². The lowest BCUT2D eigenvalue weighted by atomic mass is 9.97. The van der Waals surface area contributed by atoms with Crippen LogP contribution in [0.3, 0.4) is 0 Å². The number of aliphatic hydroxyl groups is 3. The molecule has 1 heterocycles. The molecule has 1 aliphatic heterocycles. The Hall–Kier alpha value is -0.850. The Morgan fingerprint density at radius 1 is 1.58 bits per heavy atom. The molecule has 6 nitrogen and oxygen atoms in total. The lowest BCUT2D eigenvalue weighted by Crippen LogP contribution is -2.56. The molecule has 1 saturated heterocycles. The predicted molar refractivity (Wildman–Crippen MR) is 34.8 cm³/mol. The lowest BCUT2D eigenvalue weighted by molar-refractivity contribution is -0.299. The van der Waals surface area contributed by atoms with Crippen molar-refractivity contribution in [1.29, 1.82) is 0 Å². The Morgan fingerprint density at radius 3 is 2.25 bits per heavy atom. The van der Waals surface area contributed by atoms with Crippen molar-refractivity contribution < 1.29 is 29.6 Å². The van der Waals surface area contributed by atoms with E-state index in [2.05, 4.69) is 9.47 Å². The van der Waals surface area contributed by atoms with Gasteiger partial charge in [0.05, 0.1) is 0 Å². The number of rotatable bonds is 1. The molecule has 0 amide bonds. The molecule has 0 spiro atoms. The number of cyclic esters (lactones) is 2. The van der Waals surface area contributed by atoms with Gasteiger partial charge in [-0.25, -0.2) is 4.79 Å². The summed E-state index contributed by atoms with van der Waals surface area (Å²) in [6.45, 7) is 2.36. The van der Waals surface area contributed by atoms with E-state index >= 15 is 0 Å². The van der Waals surface area contributed by atoms with Gasteiger partial charge < -0.3 is 24.8 Å². The van der Waals surface area contributed by atoms with Crippen LogP contribution in [0.1, 0.15) is 13.8 Å². The Balaban J connectivity index is 2.92. The first-order valence-corrected chi connectivity index (χ1v) is 3.30. The summed E-state index contributed by atoms with van der Waals surface area (Å²) in [4.78, 5) is 10.4. The van der Waals surface area contributed by atoms with E-state index in [1.807, 2.05) is 0 Å². The van der Waals surface area contributed by atoms with Crippen molar-refractivity contribution in [2.24, 2.45) is 0 Å². The highest BCUT2D eigenvalue weighted by atomic mass is 16.9. The standard InChI is InChI=1S/C6H10O6/c1-5(2,9)6(10)3(7)11-4(8)12-6/h3,7,9-10H,1-2H3. The minimum absolute atomic E-state index is 1.18. The summed E-state index contributed by atoms with van der Waals surface area (Å²) in [5.74, 6) is -2.40. The van der Waals surface area contributed by atoms with Gasteiger partial charge in [0.15, 0.2) is 0 Å². The molecular formula is C6H10O6. The van der Waals surface area contributed by atoms with Crippen molar-refractivity contribution in [3.05, 3.63) is 0 Å². The van der Waals surface area contributed by atoms with Gasteiger partial charge in [0.1, 0.15) is 5.60 Å². The van der Waals surface area contributed by atoms with E-state index in [0.29, 0.717) is 0 Å². The number of carbonyl (C=O) groups excluding carboxylic acids is 1. The van der Waals surface area contributed by atoms with Gasteiger partial charge in [-0.3, -0.25) is 0 Å². The number of ether oxygens (including phenoxy) is 2. The first-order chi connectivity index (χ1) is 5.27. The molecule has 2 unspecified atom stereocenters. The molecule has 0 aromatic rings. The van der Waals surface area contributed by atoms with Crippen LogP contribution in [-0.4, -0.2) is 39.2 Å². The molecule has 0 aromatic carbocycles. The van der Waals surface area contributed by atoms with Gasteiger partial charge in [-0.05, 0) is 13.8 Å². The monoisotopic (exact) mass is 178 g/mol. The van der Waals surface area contributed by atoms with E-state index in [1.165, 1.54) is 13.8 Å². The normalized spacial score (nSPS) is 36.1. The fourth-order valence-electron chi connectivity index (χ4n) is 0.800. The van der Waals surface area contributed by atoms with Crippen LogP contribution in [0.5, 0.6) is 0 Å². The quantitative estimate of drug-likeness (QED) is 0.442. The number of carbonyl (C=O) groups is 1. The van der Waals surface area contributed by atoms with Crippen molar-refractivity contribution in [1.82, 2.24) is 0 Å². The van der Waals surface area contributed by atoms with Crippen LogP contribution in [0.15, 0.2) is 0 Å². The van der Waals surface area contributed by atoms with Crippen LogP contribution in [-0.2, 0) is 9.47 Å². The van der Waals surface area contributed by atoms with E-state index in [-0.39, 0.29) is 0 Å². The van der Waals surface area contributed by atoms with Crippen molar-refractivity contribution in [3.8, 4) is 0 Å². The third kappa shape index (κ3) is 1.13. The fourth-order valence-corrected chi connectivity index (χ4v) is 0.800. The third-order valence-electron chi connectivity index (χ3n) is 1.66. The average Bonchev–Trinajstić information content (AvgIpc) is 2.06.